The quantitative estimate of drug-likeness (QED) is 0.895. The minimum absolute atomic E-state index is 0.0210. The third-order valence-electron chi connectivity index (χ3n) is 2.81. The monoisotopic (exact) mass is 320 g/mol. The second-order valence-corrected chi connectivity index (χ2v) is 5.00. The van der Waals surface area contributed by atoms with Crippen LogP contribution < -0.4 is 11.1 Å². The molecule has 0 bridgehead atoms. The van der Waals surface area contributed by atoms with Crippen LogP contribution in [0.2, 0.25) is 0 Å². The van der Waals surface area contributed by atoms with E-state index in [0.29, 0.717) is 6.07 Å². The van der Waals surface area contributed by atoms with Crippen molar-refractivity contribution in [2.75, 3.05) is 5.32 Å². The van der Waals surface area contributed by atoms with Gasteiger partial charge in [0.05, 0.1) is 11.7 Å². The van der Waals surface area contributed by atoms with Gasteiger partial charge in [-0.05, 0) is 27.9 Å². The molecule has 0 spiro atoms. The lowest BCUT2D eigenvalue weighted by Crippen LogP contribution is -2.40. The van der Waals surface area contributed by atoms with Gasteiger partial charge in [0.25, 0.3) is 0 Å². The maximum atomic E-state index is 13.5. The summed E-state index contributed by atoms with van der Waals surface area (Å²) in [4.78, 5) is 11.8. The van der Waals surface area contributed by atoms with Crippen LogP contribution in [0.15, 0.2) is 16.6 Å². The minimum Gasteiger partial charge on any atom is -0.321 e. The molecule has 1 aromatic carbocycles. The first-order valence-corrected chi connectivity index (χ1v) is 6.37. The van der Waals surface area contributed by atoms with Gasteiger partial charge in [-0.15, -0.1) is 0 Å². The van der Waals surface area contributed by atoms with E-state index in [1.54, 1.807) is 0 Å². The molecule has 1 aromatic rings. The van der Waals surface area contributed by atoms with E-state index in [1.165, 1.54) is 0 Å². The Morgan fingerprint density at radius 3 is 2.61 bits per heavy atom. The molecule has 0 heterocycles. The first kappa shape index (κ1) is 15.0. The molecule has 6 heteroatoms. The first-order valence-electron chi connectivity index (χ1n) is 5.57. The van der Waals surface area contributed by atoms with Crippen molar-refractivity contribution in [3.05, 3.63) is 28.2 Å². The molecule has 0 aliphatic rings. The number of carbonyl (C=O) groups is 1. The van der Waals surface area contributed by atoms with Gasteiger partial charge >= 0.3 is 0 Å². The highest BCUT2D eigenvalue weighted by atomic mass is 79.9. The summed E-state index contributed by atoms with van der Waals surface area (Å²) in [6, 6.07) is 1.05. The summed E-state index contributed by atoms with van der Waals surface area (Å²) in [5.41, 5.74) is 5.63. The zero-order valence-electron chi connectivity index (χ0n) is 10.1. The summed E-state index contributed by atoms with van der Waals surface area (Å²) in [5, 5.41) is 2.37. The molecule has 0 aliphatic heterocycles. The summed E-state index contributed by atoms with van der Waals surface area (Å²) in [5.74, 6) is -2.07. The fourth-order valence-corrected chi connectivity index (χ4v) is 1.89. The van der Waals surface area contributed by atoms with Crippen molar-refractivity contribution in [3.63, 3.8) is 0 Å². The third kappa shape index (κ3) is 3.49. The molecule has 2 atom stereocenters. The Bertz CT molecular complexity index is 431. The Kier molecular flexibility index (Phi) is 5.22. The Morgan fingerprint density at radius 1 is 1.50 bits per heavy atom. The molecular formula is C12H15BrF2N2O. The van der Waals surface area contributed by atoms with Gasteiger partial charge in [-0.3, -0.25) is 4.79 Å². The van der Waals surface area contributed by atoms with Crippen molar-refractivity contribution in [1.82, 2.24) is 0 Å². The normalized spacial score (nSPS) is 14.1. The van der Waals surface area contributed by atoms with Crippen LogP contribution in [0.3, 0.4) is 0 Å². The molecule has 0 fully saturated rings. The standard InChI is InChI=1S/C12H15BrF2N2O/c1-3-6(2)10(16)12(18)17-11-8(13)4-7(14)5-9(11)15/h4-6,10H,3,16H2,1-2H3,(H,17,18). The van der Waals surface area contributed by atoms with Crippen molar-refractivity contribution in [2.24, 2.45) is 11.7 Å². The molecule has 2 unspecified atom stereocenters. The predicted molar refractivity (Wildman–Crippen MR) is 70.1 cm³/mol. The molecule has 0 saturated heterocycles. The fraction of sp³-hybridized carbons (Fsp3) is 0.417. The van der Waals surface area contributed by atoms with E-state index in [0.717, 1.165) is 12.5 Å². The van der Waals surface area contributed by atoms with Gasteiger partial charge in [0.1, 0.15) is 5.82 Å². The lowest BCUT2D eigenvalue weighted by Gasteiger charge is -2.18. The average Bonchev–Trinajstić information content (AvgIpc) is 2.31. The molecule has 0 saturated carbocycles. The minimum atomic E-state index is -0.841. The lowest BCUT2D eigenvalue weighted by molar-refractivity contribution is -0.118. The van der Waals surface area contributed by atoms with Gasteiger partial charge in [-0.25, -0.2) is 8.78 Å². The summed E-state index contributed by atoms with van der Waals surface area (Å²) >= 11 is 2.99. The van der Waals surface area contributed by atoms with Crippen molar-refractivity contribution in [3.8, 4) is 0 Å². The Morgan fingerprint density at radius 2 is 2.11 bits per heavy atom. The number of benzene rings is 1. The number of amides is 1. The Hall–Kier alpha value is -1.01. The second kappa shape index (κ2) is 6.24. The number of nitrogens with two attached hydrogens (primary N) is 1. The van der Waals surface area contributed by atoms with Crippen molar-refractivity contribution in [2.45, 2.75) is 26.3 Å². The molecule has 18 heavy (non-hydrogen) atoms. The molecule has 0 aromatic heterocycles. The molecule has 100 valence electrons. The molecule has 3 nitrogen and oxygen atoms in total. The lowest BCUT2D eigenvalue weighted by atomic mass is 9.99. The van der Waals surface area contributed by atoms with Gasteiger partial charge in [-0.2, -0.15) is 0 Å². The van der Waals surface area contributed by atoms with Crippen LogP contribution in [-0.2, 0) is 4.79 Å². The molecule has 0 aliphatic carbocycles. The van der Waals surface area contributed by atoms with Gasteiger partial charge in [0, 0.05) is 10.5 Å². The number of carbonyl (C=O) groups excluding carboxylic acids is 1. The van der Waals surface area contributed by atoms with E-state index in [-0.39, 0.29) is 16.1 Å². The highest BCUT2D eigenvalue weighted by Gasteiger charge is 2.21. The van der Waals surface area contributed by atoms with Crippen LogP contribution in [0.1, 0.15) is 20.3 Å². The second-order valence-electron chi connectivity index (χ2n) is 4.15. The van der Waals surface area contributed by atoms with Crippen LogP contribution in [0.25, 0.3) is 0 Å². The molecule has 1 amide bonds. The molecule has 3 N–H and O–H groups in total. The fourth-order valence-electron chi connectivity index (χ4n) is 1.38. The summed E-state index contributed by atoms with van der Waals surface area (Å²) in [6.45, 7) is 3.74. The van der Waals surface area contributed by atoms with E-state index in [1.807, 2.05) is 13.8 Å². The zero-order valence-corrected chi connectivity index (χ0v) is 11.7. The predicted octanol–water partition coefficient (Wildman–Crippen LogP) is 3.04. The van der Waals surface area contributed by atoms with Gasteiger partial charge in [0.15, 0.2) is 5.82 Å². The SMILES string of the molecule is CCC(C)C(N)C(=O)Nc1c(F)cc(F)cc1Br. The molecule has 1 rings (SSSR count). The van der Waals surface area contributed by atoms with Crippen LogP contribution in [-0.4, -0.2) is 11.9 Å². The van der Waals surface area contributed by atoms with Gasteiger partial charge in [-0.1, -0.05) is 20.3 Å². The van der Waals surface area contributed by atoms with Gasteiger partial charge in [0.2, 0.25) is 5.91 Å². The van der Waals surface area contributed by atoms with E-state index in [4.69, 9.17) is 5.73 Å². The van der Waals surface area contributed by atoms with Crippen molar-refractivity contribution >= 4 is 27.5 Å². The maximum absolute atomic E-state index is 13.5. The summed E-state index contributed by atoms with van der Waals surface area (Å²) in [6.07, 6.45) is 0.738. The number of rotatable bonds is 4. The van der Waals surface area contributed by atoms with Crippen molar-refractivity contribution < 1.29 is 13.6 Å². The first-order chi connectivity index (χ1) is 8.36. The van der Waals surface area contributed by atoms with Crippen LogP contribution >= 0.6 is 15.9 Å². The molecule has 0 radical (unpaired) electrons. The molecular weight excluding hydrogens is 306 g/mol. The van der Waals surface area contributed by atoms with Crippen LogP contribution in [0, 0.1) is 17.6 Å². The largest absolute Gasteiger partial charge is 0.321 e. The maximum Gasteiger partial charge on any atom is 0.241 e. The van der Waals surface area contributed by atoms with Crippen LogP contribution in [0.5, 0.6) is 0 Å². The van der Waals surface area contributed by atoms with Gasteiger partial charge < -0.3 is 11.1 Å². The Labute approximate surface area is 113 Å². The van der Waals surface area contributed by atoms with E-state index in [9.17, 15) is 13.6 Å². The van der Waals surface area contributed by atoms with E-state index < -0.39 is 23.6 Å². The highest BCUT2D eigenvalue weighted by Crippen LogP contribution is 2.27. The number of hydrogen-bond acceptors (Lipinski definition) is 2. The van der Waals surface area contributed by atoms with E-state index >= 15 is 0 Å². The number of nitrogens with one attached hydrogen (secondary N) is 1. The summed E-state index contributed by atoms with van der Waals surface area (Å²) < 4.78 is 26.5. The average molecular weight is 321 g/mol. The van der Waals surface area contributed by atoms with E-state index in [2.05, 4.69) is 21.2 Å². The third-order valence-corrected chi connectivity index (χ3v) is 3.44. The number of hydrogen-bond donors (Lipinski definition) is 2. The number of halogens is 3. The zero-order chi connectivity index (χ0) is 13.9. The Balaban J connectivity index is 2.89. The van der Waals surface area contributed by atoms with Crippen molar-refractivity contribution in [1.29, 1.82) is 0 Å². The van der Waals surface area contributed by atoms with Crippen LogP contribution in [0.4, 0.5) is 14.5 Å². The smallest absolute Gasteiger partial charge is 0.241 e. The topological polar surface area (TPSA) is 55.1 Å². The highest BCUT2D eigenvalue weighted by molar-refractivity contribution is 9.10. The number of anilines is 1. The summed E-state index contributed by atoms with van der Waals surface area (Å²) in [7, 11) is 0.